The summed E-state index contributed by atoms with van der Waals surface area (Å²) in [5, 5.41) is 3.31. The predicted octanol–water partition coefficient (Wildman–Crippen LogP) is 5.16. The van der Waals surface area contributed by atoms with Crippen LogP contribution >= 0.6 is 0 Å². The normalized spacial score (nSPS) is 15.1. The molecule has 3 rings (SSSR count). The third kappa shape index (κ3) is 6.95. The maximum absolute atomic E-state index is 14.6. The zero-order valence-electron chi connectivity index (χ0n) is 19.4. The fourth-order valence-corrected chi connectivity index (χ4v) is 3.86. The van der Waals surface area contributed by atoms with Gasteiger partial charge in [-0.1, -0.05) is 38.6 Å². The highest BCUT2D eigenvalue weighted by atomic mass is 19.1. The molecule has 0 saturated carbocycles. The lowest BCUT2D eigenvalue weighted by Crippen LogP contribution is -2.45. The maximum Gasteiger partial charge on any atom is 0.131 e. The van der Waals surface area contributed by atoms with Gasteiger partial charge in [0.25, 0.3) is 0 Å². The molecule has 0 amide bonds. The van der Waals surface area contributed by atoms with Gasteiger partial charge in [-0.15, -0.1) is 0 Å². The first kappa shape index (κ1) is 24.1. The van der Waals surface area contributed by atoms with E-state index < -0.39 is 0 Å². The van der Waals surface area contributed by atoms with Crippen LogP contribution in [-0.4, -0.2) is 42.6 Å². The van der Waals surface area contributed by atoms with Crippen molar-refractivity contribution in [1.29, 1.82) is 0 Å². The Balaban J connectivity index is 1.65. The minimum absolute atomic E-state index is 0.243. The summed E-state index contributed by atoms with van der Waals surface area (Å²) in [6.45, 7) is 11.9. The molecule has 2 aromatic carbocycles. The monoisotopic (exact) mass is 443 g/mol. The average molecular weight is 444 g/mol. The van der Waals surface area contributed by atoms with Crippen molar-refractivity contribution in [2.75, 3.05) is 26.7 Å². The Morgan fingerprint density at radius 3 is 2.47 bits per heavy atom. The Morgan fingerprint density at radius 2 is 1.84 bits per heavy atom. The molecule has 1 fully saturated rings. The van der Waals surface area contributed by atoms with E-state index in [-0.39, 0.29) is 11.6 Å². The molecule has 1 aliphatic heterocycles. The van der Waals surface area contributed by atoms with E-state index >= 15 is 0 Å². The van der Waals surface area contributed by atoms with Crippen molar-refractivity contribution in [3.63, 3.8) is 0 Å². The van der Waals surface area contributed by atoms with Crippen molar-refractivity contribution < 1.29 is 13.5 Å². The van der Waals surface area contributed by atoms with E-state index in [0.29, 0.717) is 43.0 Å². The molecule has 0 aromatic heterocycles. The van der Waals surface area contributed by atoms with Crippen LogP contribution in [0.4, 0.5) is 8.78 Å². The molecule has 0 aliphatic carbocycles. The van der Waals surface area contributed by atoms with E-state index in [2.05, 4.69) is 42.6 Å². The molecule has 0 atom stereocenters. The van der Waals surface area contributed by atoms with Crippen LogP contribution in [0.15, 0.2) is 54.9 Å². The van der Waals surface area contributed by atoms with Gasteiger partial charge in [-0.2, -0.15) is 0 Å². The first-order valence-electron chi connectivity index (χ1n) is 11.4. The van der Waals surface area contributed by atoms with Crippen LogP contribution < -0.4 is 10.1 Å². The third-order valence-electron chi connectivity index (χ3n) is 5.83. The molecule has 1 N–H and O–H groups in total. The third-order valence-corrected chi connectivity index (χ3v) is 5.83. The van der Waals surface area contributed by atoms with Gasteiger partial charge in [0.05, 0.1) is 12.4 Å². The highest BCUT2D eigenvalue weighted by Gasteiger charge is 2.24. The second kappa shape index (κ2) is 11.3. The van der Waals surface area contributed by atoms with Gasteiger partial charge in [-0.25, -0.2) is 8.78 Å². The fourth-order valence-electron chi connectivity index (χ4n) is 3.86. The van der Waals surface area contributed by atoms with Gasteiger partial charge in [0.2, 0.25) is 0 Å². The first-order chi connectivity index (χ1) is 15.3. The number of nitrogens with one attached hydrogen (secondary N) is 1. The SMILES string of the molecule is C=C(NCc1ccc(OCC(C)C)cc1F)N(Cc1ccc(F)cc1)C1CCN(C)CC1. The van der Waals surface area contributed by atoms with Crippen LogP contribution in [0, 0.1) is 17.6 Å². The van der Waals surface area contributed by atoms with E-state index in [0.717, 1.165) is 37.3 Å². The number of likely N-dealkylation sites (tertiary alicyclic amines) is 1. The van der Waals surface area contributed by atoms with Gasteiger partial charge in [-0.05, 0) is 62.7 Å². The van der Waals surface area contributed by atoms with Gasteiger partial charge in [0.15, 0.2) is 0 Å². The van der Waals surface area contributed by atoms with Crippen LogP contribution in [0.5, 0.6) is 5.75 Å². The number of benzene rings is 2. The summed E-state index contributed by atoms with van der Waals surface area (Å²) >= 11 is 0. The van der Waals surface area contributed by atoms with Crippen molar-refractivity contribution >= 4 is 0 Å². The summed E-state index contributed by atoms with van der Waals surface area (Å²) in [7, 11) is 2.13. The molecule has 0 unspecified atom stereocenters. The summed E-state index contributed by atoms with van der Waals surface area (Å²) in [6.07, 6.45) is 2.04. The van der Waals surface area contributed by atoms with E-state index in [1.165, 1.54) is 18.2 Å². The first-order valence-corrected chi connectivity index (χ1v) is 11.4. The summed E-state index contributed by atoms with van der Waals surface area (Å²) in [6, 6.07) is 11.9. The van der Waals surface area contributed by atoms with Gasteiger partial charge in [0.1, 0.15) is 17.4 Å². The molecule has 1 heterocycles. The van der Waals surface area contributed by atoms with Crippen molar-refractivity contribution in [1.82, 2.24) is 15.1 Å². The summed E-state index contributed by atoms with van der Waals surface area (Å²) in [4.78, 5) is 4.55. The van der Waals surface area contributed by atoms with E-state index in [9.17, 15) is 8.78 Å². The van der Waals surface area contributed by atoms with Gasteiger partial charge < -0.3 is 19.9 Å². The quantitative estimate of drug-likeness (QED) is 0.549. The van der Waals surface area contributed by atoms with E-state index in [4.69, 9.17) is 4.74 Å². The Bertz CT molecular complexity index is 877. The minimum atomic E-state index is -0.295. The summed E-state index contributed by atoms with van der Waals surface area (Å²) in [5.74, 6) is 1.14. The number of ether oxygens (including phenoxy) is 1. The molecule has 2 aromatic rings. The molecule has 0 bridgehead atoms. The lowest BCUT2D eigenvalue weighted by molar-refractivity contribution is 0.138. The highest BCUT2D eigenvalue weighted by Crippen LogP contribution is 2.23. The number of piperidine rings is 1. The topological polar surface area (TPSA) is 27.7 Å². The van der Waals surface area contributed by atoms with Crippen molar-refractivity contribution in [3.8, 4) is 5.75 Å². The number of hydrogen-bond donors (Lipinski definition) is 1. The second-order valence-corrected chi connectivity index (χ2v) is 9.05. The molecule has 0 spiro atoms. The van der Waals surface area contributed by atoms with Gasteiger partial charge in [-0.3, -0.25) is 0 Å². The summed E-state index contributed by atoms with van der Waals surface area (Å²) in [5.41, 5.74) is 1.58. The number of hydrogen-bond acceptors (Lipinski definition) is 4. The second-order valence-electron chi connectivity index (χ2n) is 9.05. The smallest absolute Gasteiger partial charge is 0.131 e. The van der Waals surface area contributed by atoms with Crippen molar-refractivity contribution in [2.45, 2.75) is 45.8 Å². The number of halogens is 2. The lowest BCUT2D eigenvalue weighted by Gasteiger charge is -2.40. The van der Waals surface area contributed by atoms with Crippen LogP contribution in [0.3, 0.4) is 0 Å². The van der Waals surface area contributed by atoms with E-state index in [1.807, 2.05) is 0 Å². The minimum Gasteiger partial charge on any atom is -0.493 e. The predicted molar refractivity (Wildman–Crippen MR) is 125 cm³/mol. The molecule has 1 saturated heterocycles. The molecule has 32 heavy (non-hydrogen) atoms. The molecular weight excluding hydrogens is 408 g/mol. The molecule has 6 heteroatoms. The standard InChI is InChI=1S/C26H35F2N3O/c1-19(2)18-32-25-10-7-22(26(28)15-25)16-29-20(3)31(24-11-13-30(4)14-12-24)17-21-5-8-23(27)9-6-21/h5-10,15,19,24,29H,3,11-14,16-18H2,1-2,4H3. The van der Waals surface area contributed by atoms with Gasteiger partial charge >= 0.3 is 0 Å². The van der Waals surface area contributed by atoms with E-state index in [1.54, 1.807) is 24.3 Å². The largest absolute Gasteiger partial charge is 0.493 e. The van der Waals surface area contributed by atoms with Crippen LogP contribution in [0.25, 0.3) is 0 Å². The zero-order valence-corrected chi connectivity index (χ0v) is 19.4. The molecule has 0 radical (unpaired) electrons. The maximum atomic E-state index is 14.6. The average Bonchev–Trinajstić information content (AvgIpc) is 2.77. The fraction of sp³-hybridized carbons (Fsp3) is 0.462. The Hall–Kier alpha value is -2.60. The Kier molecular flexibility index (Phi) is 8.51. The summed E-state index contributed by atoms with van der Waals surface area (Å²) < 4.78 is 33.6. The number of rotatable bonds is 10. The molecular formula is C26H35F2N3O. The number of nitrogens with zero attached hydrogens (tertiary/aromatic N) is 2. The molecule has 4 nitrogen and oxygen atoms in total. The lowest BCUT2D eigenvalue weighted by atomic mass is 10.0. The molecule has 1 aliphatic rings. The van der Waals surface area contributed by atoms with Crippen molar-refractivity contribution in [2.24, 2.45) is 5.92 Å². The van der Waals surface area contributed by atoms with Crippen LogP contribution in [-0.2, 0) is 13.1 Å². The Morgan fingerprint density at radius 1 is 1.16 bits per heavy atom. The van der Waals surface area contributed by atoms with Crippen LogP contribution in [0.2, 0.25) is 0 Å². The highest BCUT2D eigenvalue weighted by molar-refractivity contribution is 5.29. The van der Waals surface area contributed by atoms with Crippen molar-refractivity contribution in [3.05, 3.63) is 77.6 Å². The zero-order chi connectivity index (χ0) is 23.1. The molecule has 174 valence electrons. The van der Waals surface area contributed by atoms with Gasteiger partial charge in [0, 0.05) is 30.8 Å². The Labute approximate surface area is 190 Å². The van der Waals surface area contributed by atoms with Crippen LogP contribution in [0.1, 0.15) is 37.8 Å².